The number of methoxy groups -OCH3 is 1. The zero-order chi connectivity index (χ0) is 14.8. The topological polar surface area (TPSA) is 62.7 Å². The number of unbranched alkanes of at least 4 members (excludes halogenated alkanes) is 1. The van der Waals surface area contributed by atoms with Crippen LogP contribution in [0.5, 0.6) is 0 Å². The predicted octanol–water partition coefficient (Wildman–Crippen LogP) is 2.69. The van der Waals surface area contributed by atoms with E-state index in [4.69, 9.17) is 0 Å². The molecule has 0 atom stereocenters. The smallest absolute Gasteiger partial charge is 0.305 e. The average Bonchev–Trinajstić information content (AvgIpc) is 2.43. The first kappa shape index (κ1) is 20.5. The molecule has 21 heavy (non-hydrogen) atoms. The number of hydrogen-bond acceptors (Lipinski definition) is 3. The second kappa shape index (κ2) is 11.1. The van der Waals surface area contributed by atoms with Crippen LogP contribution in [0.15, 0.2) is 4.99 Å². The lowest BCUT2D eigenvalue weighted by Crippen LogP contribution is -2.46. The summed E-state index contributed by atoms with van der Waals surface area (Å²) in [6.45, 7) is 4.10. The van der Waals surface area contributed by atoms with Crippen molar-refractivity contribution in [1.82, 2.24) is 10.6 Å². The molecule has 0 unspecified atom stereocenters. The third kappa shape index (κ3) is 7.33. The highest BCUT2D eigenvalue weighted by atomic mass is 127. The highest BCUT2D eigenvalue weighted by Crippen LogP contribution is 2.42. The normalized spacial score (nSPS) is 16.4. The molecule has 1 fully saturated rings. The first-order valence-corrected chi connectivity index (χ1v) is 7.67. The number of rotatable bonds is 8. The summed E-state index contributed by atoms with van der Waals surface area (Å²) in [7, 11) is 3.22. The van der Waals surface area contributed by atoms with E-state index >= 15 is 0 Å². The molecule has 0 aromatic heterocycles. The Morgan fingerprint density at radius 1 is 1.29 bits per heavy atom. The van der Waals surface area contributed by atoms with Crippen LogP contribution in [0.4, 0.5) is 0 Å². The molecule has 5 nitrogen and oxygen atoms in total. The molecule has 0 aromatic rings. The minimum Gasteiger partial charge on any atom is -0.469 e. The number of esters is 1. The summed E-state index contributed by atoms with van der Waals surface area (Å²) < 4.78 is 4.61. The fourth-order valence-corrected chi connectivity index (χ4v) is 2.53. The van der Waals surface area contributed by atoms with Crippen LogP contribution in [-0.2, 0) is 9.53 Å². The van der Waals surface area contributed by atoms with Crippen molar-refractivity contribution in [3.05, 3.63) is 0 Å². The second-order valence-electron chi connectivity index (χ2n) is 5.59. The van der Waals surface area contributed by atoms with E-state index in [-0.39, 0.29) is 29.9 Å². The van der Waals surface area contributed by atoms with Crippen molar-refractivity contribution >= 4 is 35.9 Å². The number of nitrogens with zero attached hydrogens (tertiary/aromatic N) is 1. The third-order valence-electron chi connectivity index (χ3n) is 4.35. The molecular weight excluding hydrogens is 381 g/mol. The van der Waals surface area contributed by atoms with Crippen molar-refractivity contribution in [2.24, 2.45) is 10.4 Å². The van der Waals surface area contributed by atoms with E-state index in [1.807, 2.05) is 0 Å². The molecule has 124 valence electrons. The Labute approximate surface area is 145 Å². The number of halogens is 1. The highest BCUT2D eigenvalue weighted by Gasteiger charge is 2.34. The molecule has 0 heterocycles. The van der Waals surface area contributed by atoms with Crippen molar-refractivity contribution < 1.29 is 9.53 Å². The summed E-state index contributed by atoms with van der Waals surface area (Å²) in [4.78, 5) is 15.2. The van der Waals surface area contributed by atoms with Gasteiger partial charge in [-0.05, 0) is 37.5 Å². The third-order valence-corrected chi connectivity index (χ3v) is 4.35. The Morgan fingerprint density at radius 3 is 2.48 bits per heavy atom. The molecular formula is C15H30IN3O2. The Kier molecular flexibility index (Phi) is 10.8. The van der Waals surface area contributed by atoms with Crippen LogP contribution >= 0.6 is 24.0 Å². The maximum absolute atomic E-state index is 11.0. The first-order chi connectivity index (χ1) is 9.65. The standard InChI is InChI=1S/C15H29N3O2.HI/c1-4-15(9-7-10-15)12-18-14(16-2)17-11-6-5-8-13(19)20-3;/h4-12H2,1-3H3,(H2,16,17,18);1H. The summed E-state index contributed by atoms with van der Waals surface area (Å²) in [5.74, 6) is 0.727. The van der Waals surface area contributed by atoms with Gasteiger partial charge in [0.05, 0.1) is 7.11 Å². The molecule has 1 aliphatic carbocycles. The minimum atomic E-state index is -0.137. The fraction of sp³-hybridized carbons (Fsp3) is 0.867. The van der Waals surface area contributed by atoms with Gasteiger partial charge in [-0.25, -0.2) is 0 Å². The Morgan fingerprint density at radius 2 is 2.00 bits per heavy atom. The number of nitrogens with one attached hydrogen (secondary N) is 2. The summed E-state index contributed by atoms with van der Waals surface area (Å²) in [6.07, 6.45) is 7.51. The number of aliphatic imine (C=N–C) groups is 1. The van der Waals surface area contributed by atoms with Gasteiger partial charge in [-0.15, -0.1) is 24.0 Å². The predicted molar refractivity (Wildman–Crippen MR) is 97.2 cm³/mol. The van der Waals surface area contributed by atoms with Crippen molar-refractivity contribution in [3.63, 3.8) is 0 Å². The van der Waals surface area contributed by atoms with E-state index < -0.39 is 0 Å². The maximum Gasteiger partial charge on any atom is 0.305 e. The van der Waals surface area contributed by atoms with E-state index in [2.05, 4.69) is 27.3 Å². The Balaban J connectivity index is 0.00000400. The lowest BCUT2D eigenvalue weighted by Gasteiger charge is -2.41. The van der Waals surface area contributed by atoms with E-state index in [1.165, 1.54) is 32.8 Å². The molecule has 0 aromatic carbocycles. The van der Waals surface area contributed by atoms with Gasteiger partial charge in [0, 0.05) is 26.6 Å². The Bertz CT molecular complexity index is 325. The zero-order valence-electron chi connectivity index (χ0n) is 13.5. The average molecular weight is 411 g/mol. The molecule has 2 N–H and O–H groups in total. The monoisotopic (exact) mass is 411 g/mol. The van der Waals surface area contributed by atoms with Gasteiger partial charge in [0.1, 0.15) is 0 Å². The van der Waals surface area contributed by atoms with E-state index in [9.17, 15) is 4.79 Å². The molecule has 1 saturated carbocycles. The summed E-state index contributed by atoms with van der Waals surface area (Å²) in [6, 6.07) is 0. The van der Waals surface area contributed by atoms with Crippen LogP contribution in [0, 0.1) is 5.41 Å². The number of ether oxygens (including phenoxy) is 1. The minimum absolute atomic E-state index is 0. The van der Waals surface area contributed by atoms with Crippen molar-refractivity contribution in [3.8, 4) is 0 Å². The largest absolute Gasteiger partial charge is 0.469 e. The molecule has 1 aliphatic rings. The van der Waals surface area contributed by atoms with Crippen LogP contribution in [-0.4, -0.2) is 39.2 Å². The molecule has 0 aliphatic heterocycles. The van der Waals surface area contributed by atoms with Crippen molar-refractivity contribution in [2.75, 3.05) is 27.2 Å². The van der Waals surface area contributed by atoms with Crippen LogP contribution in [0.1, 0.15) is 51.9 Å². The summed E-state index contributed by atoms with van der Waals surface area (Å²) in [5, 5.41) is 6.71. The van der Waals surface area contributed by atoms with Gasteiger partial charge in [0.15, 0.2) is 5.96 Å². The molecule has 1 rings (SSSR count). The van der Waals surface area contributed by atoms with E-state index in [1.54, 1.807) is 7.05 Å². The first-order valence-electron chi connectivity index (χ1n) is 7.67. The van der Waals surface area contributed by atoms with Gasteiger partial charge in [0.2, 0.25) is 0 Å². The van der Waals surface area contributed by atoms with Gasteiger partial charge < -0.3 is 15.4 Å². The molecule has 0 radical (unpaired) electrons. The summed E-state index contributed by atoms with van der Waals surface area (Å²) in [5.41, 5.74) is 0.489. The highest BCUT2D eigenvalue weighted by molar-refractivity contribution is 14.0. The maximum atomic E-state index is 11.0. The molecule has 0 spiro atoms. The van der Waals surface area contributed by atoms with Crippen molar-refractivity contribution in [1.29, 1.82) is 0 Å². The lowest BCUT2D eigenvalue weighted by molar-refractivity contribution is -0.140. The number of carbonyl (C=O) groups is 1. The van der Waals surface area contributed by atoms with Gasteiger partial charge in [0.25, 0.3) is 0 Å². The van der Waals surface area contributed by atoms with Gasteiger partial charge in [-0.2, -0.15) is 0 Å². The molecule has 6 heteroatoms. The fourth-order valence-electron chi connectivity index (χ4n) is 2.53. The van der Waals surface area contributed by atoms with Gasteiger partial charge >= 0.3 is 5.97 Å². The van der Waals surface area contributed by atoms with Crippen LogP contribution in [0.2, 0.25) is 0 Å². The van der Waals surface area contributed by atoms with Crippen LogP contribution in [0.25, 0.3) is 0 Å². The van der Waals surface area contributed by atoms with E-state index in [0.717, 1.165) is 31.9 Å². The molecule has 0 amide bonds. The van der Waals surface area contributed by atoms with E-state index in [0.29, 0.717) is 11.8 Å². The lowest BCUT2D eigenvalue weighted by atomic mass is 9.67. The zero-order valence-corrected chi connectivity index (χ0v) is 15.9. The molecule has 0 bridgehead atoms. The molecule has 0 saturated heterocycles. The Hall–Kier alpha value is -0.530. The van der Waals surface area contributed by atoms with Gasteiger partial charge in [-0.1, -0.05) is 13.3 Å². The SMILES string of the molecule is CCC1(CNC(=NC)NCCCCC(=O)OC)CCC1.I. The van der Waals surface area contributed by atoms with Crippen LogP contribution < -0.4 is 10.6 Å². The number of hydrogen-bond donors (Lipinski definition) is 2. The number of carbonyl (C=O) groups excluding carboxylic acids is 1. The quantitative estimate of drug-likeness (QED) is 0.212. The van der Waals surface area contributed by atoms with Crippen molar-refractivity contribution in [2.45, 2.75) is 51.9 Å². The second-order valence-corrected chi connectivity index (χ2v) is 5.59. The summed E-state index contributed by atoms with van der Waals surface area (Å²) >= 11 is 0. The number of guanidine groups is 1. The van der Waals surface area contributed by atoms with Gasteiger partial charge in [-0.3, -0.25) is 9.79 Å². The van der Waals surface area contributed by atoms with Crippen LogP contribution in [0.3, 0.4) is 0 Å².